The Kier molecular flexibility index (Phi) is 3.91. The summed E-state index contributed by atoms with van der Waals surface area (Å²) >= 11 is 5.53. The van der Waals surface area contributed by atoms with Crippen LogP contribution in [0.4, 0.5) is 24.8 Å². The van der Waals surface area contributed by atoms with E-state index in [1.54, 1.807) is 0 Å². The van der Waals surface area contributed by atoms with Crippen molar-refractivity contribution in [2.45, 2.75) is 18.6 Å². The molecular formula is C13H9ClF3N5O2. The molecule has 11 heteroatoms. The number of halogens is 4. The summed E-state index contributed by atoms with van der Waals surface area (Å²) in [5.74, 6) is -1.03. The molecule has 1 aromatic heterocycles. The average molecular weight is 360 g/mol. The Morgan fingerprint density at radius 2 is 2.17 bits per heavy atom. The Morgan fingerprint density at radius 3 is 2.88 bits per heavy atom. The summed E-state index contributed by atoms with van der Waals surface area (Å²) in [5.41, 5.74) is -1.16. The van der Waals surface area contributed by atoms with E-state index in [9.17, 15) is 22.8 Å². The maximum atomic E-state index is 12.9. The molecule has 0 spiro atoms. The fourth-order valence-electron chi connectivity index (χ4n) is 2.26. The van der Waals surface area contributed by atoms with E-state index < -0.39 is 34.6 Å². The first-order valence-corrected chi connectivity index (χ1v) is 7.00. The zero-order valence-electron chi connectivity index (χ0n) is 11.8. The maximum Gasteiger partial charge on any atom is 0.417 e. The van der Waals surface area contributed by atoms with Crippen molar-refractivity contribution in [2.24, 2.45) is 0 Å². The number of hydrogen-bond donors (Lipinski definition) is 2. The lowest BCUT2D eigenvalue weighted by molar-refractivity contribution is -0.137. The van der Waals surface area contributed by atoms with Crippen LogP contribution in [0.2, 0.25) is 5.02 Å². The topological polar surface area (TPSA) is 88.9 Å². The smallest absolute Gasteiger partial charge is 0.324 e. The number of nitrogens with one attached hydrogen (secondary N) is 2. The average Bonchev–Trinajstić information content (AvgIpc) is 2.95. The number of carbonyl (C=O) groups is 2. The summed E-state index contributed by atoms with van der Waals surface area (Å²) in [7, 11) is 0. The van der Waals surface area contributed by atoms with Crippen LogP contribution in [0.5, 0.6) is 0 Å². The largest absolute Gasteiger partial charge is 0.417 e. The maximum absolute atomic E-state index is 12.9. The van der Waals surface area contributed by atoms with E-state index in [2.05, 4.69) is 20.7 Å². The van der Waals surface area contributed by atoms with E-state index in [1.807, 2.05) is 0 Å². The van der Waals surface area contributed by atoms with Gasteiger partial charge in [-0.1, -0.05) is 11.6 Å². The number of rotatable bonds is 2. The SMILES string of the molecule is O=C1C[C@@H](C(=O)Nc2ccc(Cl)c(C(F)(F)F)c2)n2ncnc2N1. The molecule has 2 N–H and O–H groups in total. The molecule has 7 nitrogen and oxygen atoms in total. The molecule has 0 saturated heterocycles. The van der Waals surface area contributed by atoms with Gasteiger partial charge in [-0.15, -0.1) is 0 Å². The molecular weight excluding hydrogens is 351 g/mol. The Balaban J connectivity index is 1.85. The van der Waals surface area contributed by atoms with Crippen LogP contribution in [-0.2, 0) is 15.8 Å². The molecule has 0 fully saturated rings. The van der Waals surface area contributed by atoms with Crippen LogP contribution >= 0.6 is 11.6 Å². The monoisotopic (exact) mass is 359 g/mol. The molecule has 2 amide bonds. The predicted molar refractivity (Wildman–Crippen MR) is 77.4 cm³/mol. The highest BCUT2D eigenvalue weighted by atomic mass is 35.5. The van der Waals surface area contributed by atoms with Gasteiger partial charge in [-0.3, -0.25) is 14.9 Å². The van der Waals surface area contributed by atoms with Crippen molar-refractivity contribution in [1.82, 2.24) is 14.8 Å². The van der Waals surface area contributed by atoms with Crippen molar-refractivity contribution >= 4 is 35.1 Å². The summed E-state index contributed by atoms with van der Waals surface area (Å²) in [6.45, 7) is 0. The van der Waals surface area contributed by atoms with E-state index in [0.717, 1.165) is 18.5 Å². The molecule has 0 radical (unpaired) electrons. The fourth-order valence-corrected chi connectivity index (χ4v) is 2.48. The van der Waals surface area contributed by atoms with Crippen molar-refractivity contribution in [3.8, 4) is 0 Å². The number of fused-ring (bicyclic) bond motifs is 1. The molecule has 0 saturated carbocycles. The summed E-state index contributed by atoms with van der Waals surface area (Å²) < 4.78 is 39.8. The molecule has 126 valence electrons. The van der Waals surface area contributed by atoms with E-state index in [1.165, 1.54) is 10.7 Å². The van der Waals surface area contributed by atoms with Crippen LogP contribution in [0.3, 0.4) is 0 Å². The van der Waals surface area contributed by atoms with Gasteiger partial charge in [0.1, 0.15) is 12.4 Å². The van der Waals surface area contributed by atoms with Gasteiger partial charge < -0.3 is 5.32 Å². The highest BCUT2D eigenvalue weighted by Crippen LogP contribution is 2.36. The molecule has 0 bridgehead atoms. The van der Waals surface area contributed by atoms with Crippen molar-refractivity contribution in [2.75, 3.05) is 10.6 Å². The van der Waals surface area contributed by atoms with E-state index >= 15 is 0 Å². The van der Waals surface area contributed by atoms with Gasteiger partial charge >= 0.3 is 6.18 Å². The van der Waals surface area contributed by atoms with Crippen molar-refractivity contribution in [1.29, 1.82) is 0 Å². The van der Waals surface area contributed by atoms with Crippen LogP contribution in [0.15, 0.2) is 24.5 Å². The highest BCUT2D eigenvalue weighted by molar-refractivity contribution is 6.31. The predicted octanol–water partition coefficient (Wildman–Crippen LogP) is 2.47. The Hall–Kier alpha value is -2.62. The van der Waals surface area contributed by atoms with Crippen molar-refractivity contribution in [3.05, 3.63) is 35.1 Å². The first-order chi connectivity index (χ1) is 11.3. The number of anilines is 2. The molecule has 1 aliphatic rings. The molecule has 2 heterocycles. The van der Waals surface area contributed by atoms with Gasteiger partial charge in [0.25, 0.3) is 0 Å². The minimum absolute atomic E-state index is 0.0932. The van der Waals surface area contributed by atoms with Gasteiger partial charge in [-0.2, -0.15) is 23.3 Å². The first-order valence-electron chi connectivity index (χ1n) is 6.62. The number of nitrogens with zero attached hydrogens (tertiary/aromatic N) is 3. The Morgan fingerprint density at radius 1 is 1.42 bits per heavy atom. The lowest BCUT2D eigenvalue weighted by atomic mass is 10.1. The summed E-state index contributed by atoms with van der Waals surface area (Å²) in [6.07, 6.45) is -3.70. The molecule has 3 rings (SSSR count). The van der Waals surface area contributed by atoms with Crippen LogP contribution in [-0.4, -0.2) is 26.6 Å². The van der Waals surface area contributed by atoms with E-state index in [0.29, 0.717) is 0 Å². The standard InChI is InChI=1S/C13H9ClF3N5O2/c14-8-2-1-6(3-7(8)13(15,16)17)20-11(24)9-4-10(23)21-12-18-5-19-22(9)12/h1-3,5,9H,4H2,(H,20,24)(H,18,19,21,23)/t9-/m0/s1. The highest BCUT2D eigenvalue weighted by Gasteiger charge is 2.35. The second-order valence-electron chi connectivity index (χ2n) is 4.98. The number of amides is 2. The Labute approximate surface area is 137 Å². The number of hydrogen-bond acceptors (Lipinski definition) is 4. The third kappa shape index (κ3) is 3.04. The third-order valence-electron chi connectivity index (χ3n) is 3.34. The zero-order chi connectivity index (χ0) is 17.5. The molecule has 1 aromatic carbocycles. The van der Waals surface area contributed by atoms with E-state index in [-0.39, 0.29) is 18.1 Å². The third-order valence-corrected chi connectivity index (χ3v) is 3.67. The van der Waals surface area contributed by atoms with Crippen LogP contribution in [0, 0.1) is 0 Å². The number of carbonyl (C=O) groups excluding carboxylic acids is 2. The number of aromatic nitrogens is 3. The van der Waals surface area contributed by atoms with Crippen LogP contribution in [0.1, 0.15) is 18.0 Å². The molecule has 1 atom stereocenters. The quantitative estimate of drug-likeness (QED) is 0.862. The first kappa shape index (κ1) is 16.2. The number of alkyl halides is 3. The summed E-state index contributed by atoms with van der Waals surface area (Å²) in [4.78, 5) is 27.7. The lowest BCUT2D eigenvalue weighted by Gasteiger charge is -2.22. The summed E-state index contributed by atoms with van der Waals surface area (Å²) in [6, 6.07) is 1.99. The van der Waals surface area contributed by atoms with Gasteiger partial charge in [-0.25, -0.2) is 4.68 Å². The minimum atomic E-state index is -4.65. The van der Waals surface area contributed by atoms with Crippen LogP contribution < -0.4 is 10.6 Å². The van der Waals surface area contributed by atoms with Crippen molar-refractivity contribution < 1.29 is 22.8 Å². The zero-order valence-corrected chi connectivity index (χ0v) is 12.5. The Bertz CT molecular complexity index is 820. The molecule has 0 aliphatic carbocycles. The van der Waals surface area contributed by atoms with Gasteiger partial charge in [0, 0.05) is 5.69 Å². The molecule has 24 heavy (non-hydrogen) atoms. The lowest BCUT2D eigenvalue weighted by Crippen LogP contribution is -2.36. The van der Waals surface area contributed by atoms with Crippen molar-refractivity contribution in [3.63, 3.8) is 0 Å². The van der Waals surface area contributed by atoms with Gasteiger partial charge in [0.05, 0.1) is 17.0 Å². The molecule has 0 unspecified atom stereocenters. The van der Waals surface area contributed by atoms with Gasteiger partial charge in [-0.05, 0) is 18.2 Å². The van der Waals surface area contributed by atoms with Gasteiger partial charge in [0.2, 0.25) is 17.8 Å². The van der Waals surface area contributed by atoms with Gasteiger partial charge in [0.15, 0.2) is 0 Å². The molecule has 1 aliphatic heterocycles. The summed E-state index contributed by atoms with van der Waals surface area (Å²) in [5, 5.41) is 8.13. The van der Waals surface area contributed by atoms with Crippen LogP contribution in [0.25, 0.3) is 0 Å². The second kappa shape index (κ2) is 5.78. The second-order valence-corrected chi connectivity index (χ2v) is 5.39. The van der Waals surface area contributed by atoms with E-state index in [4.69, 9.17) is 11.6 Å². The minimum Gasteiger partial charge on any atom is -0.324 e. The normalized spacial score (nSPS) is 17.2. The number of benzene rings is 1. The molecule has 2 aromatic rings. The fraction of sp³-hybridized carbons (Fsp3) is 0.231.